The lowest BCUT2D eigenvalue weighted by atomic mass is 10.1. The number of carbonyl (C=O) groups excluding carboxylic acids is 3. The Morgan fingerprint density at radius 3 is 2.44 bits per heavy atom. The summed E-state index contributed by atoms with van der Waals surface area (Å²) in [5.74, 6) is -0.662. The van der Waals surface area contributed by atoms with E-state index in [4.69, 9.17) is 4.74 Å². The van der Waals surface area contributed by atoms with Gasteiger partial charge in [0.25, 0.3) is 11.8 Å². The number of rotatable bonds is 8. The lowest BCUT2D eigenvalue weighted by Crippen LogP contribution is -3.14. The Morgan fingerprint density at radius 2 is 1.78 bits per heavy atom. The molecular formula is C19H30N3O4S+. The zero-order chi connectivity index (χ0) is 19.8. The normalized spacial score (nSPS) is 14.6. The Morgan fingerprint density at radius 1 is 1.07 bits per heavy atom. The van der Waals surface area contributed by atoms with Gasteiger partial charge in [-0.3, -0.25) is 9.59 Å². The molecule has 0 aromatic carbocycles. The van der Waals surface area contributed by atoms with E-state index >= 15 is 0 Å². The van der Waals surface area contributed by atoms with E-state index in [9.17, 15) is 14.4 Å². The largest absolute Gasteiger partial charge is 0.465 e. The Hall–Kier alpha value is -1.93. The number of aryl methyl sites for hydroxylation is 1. The number of thiophene rings is 1. The van der Waals surface area contributed by atoms with Crippen molar-refractivity contribution < 1.29 is 24.0 Å². The Labute approximate surface area is 164 Å². The van der Waals surface area contributed by atoms with Gasteiger partial charge in [0.15, 0.2) is 13.1 Å². The predicted octanol–water partition coefficient (Wildman–Crippen LogP) is 0.783. The fraction of sp³-hybridized carbons (Fsp3) is 0.632. The topological polar surface area (TPSA) is 88.9 Å². The van der Waals surface area contributed by atoms with Crippen LogP contribution in [0.1, 0.15) is 53.9 Å². The van der Waals surface area contributed by atoms with Crippen LogP contribution in [0.3, 0.4) is 0 Å². The first-order chi connectivity index (χ1) is 13.0. The van der Waals surface area contributed by atoms with Crippen LogP contribution in [0.25, 0.3) is 0 Å². The van der Waals surface area contributed by atoms with Gasteiger partial charge in [0, 0.05) is 11.4 Å². The van der Waals surface area contributed by atoms with Crippen LogP contribution in [-0.2, 0) is 27.2 Å². The average Bonchev–Trinajstić information content (AvgIpc) is 2.81. The van der Waals surface area contributed by atoms with E-state index in [0.29, 0.717) is 23.7 Å². The number of carbonyl (C=O) groups is 3. The number of nitrogens with one attached hydrogen (secondary N) is 3. The van der Waals surface area contributed by atoms with Crippen molar-refractivity contribution in [2.24, 2.45) is 0 Å². The van der Waals surface area contributed by atoms with Crippen LogP contribution in [0.4, 0.5) is 5.00 Å². The van der Waals surface area contributed by atoms with Gasteiger partial charge >= 0.3 is 5.97 Å². The molecule has 2 amide bonds. The molecule has 1 unspecified atom stereocenters. The van der Waals surface area contributed by atoms with Crippen molar-refractivity contribution in [1.82, 2.24) is 5.32 Å². The van der Waals surface area contributed by atoms with E-state index in [1.807, 2.05) is 13.8 Å². The number of esters is 1. The summed E-state index contributed by atoms with van der Waals surface area (Å²) < 4.78 is 4.96. The highest BCUT2D eigenvalue weighted by Crippen LogP contribution is 2.37. The van der Waals surface area contributed by atoms with Gasteiger partial charge in [-0.15, -0.1) is 11.3 Å². The minimum atomic E-state index is -0.397. The SMILES string of the molecule is CCNC(=O)C[NH+](CC)CC(=O)Nc1sc2c(c1C(=O)OC)CCCCC2. The standard InChI is InChI=1S/C19H29N3O4S/c1-4-20-15(23)11-22(5-2)12-16(24)21-18-17(19(25)26-3)13-9-7-6-8-10-14(13)27-18/h4-12H2,1-3H3,(H,20,23)(H,21,24)/p+1. The minimum absolute atomic E-state index is 0.0692. The molecule has 0 radical (unpaired) electrons. The third-order valence-electron chi connectivity index (χ3n) is 4.76. The smallest absolute Gasteiger partial charge is 0.341 e. The summed E-state index contributed by atoms with van der Waals surface area (Å²) in [6.45, 7) is 5.47. The third-order valence-corrected chi connectivity index (χ3v) is 5.97. The first-order valence-electron chi connectivity index (χ1n) is 9.63. The lowest BCUT2D eigenvalue weighted by molar-refractivity contribution is -0.881. The summed E-state index contributed by atoms with van der Waals surface area (Å²) in [4.78, 5) is 38.7. The molecule has 0 saturated carbocycles. The van der Waals surface area contributed by atoms with Crippen LogP contribution in [0.15, 0.2) is 0 Å². The number of ether oxygens (including phenoxy) is 1. The van der Waals surface area contributed by atoms with Crippen molar-refractivity contribution in [3.05, 3.63) is 16.0 Å². The molecule has 27 heavy (non-hydrogen) atoms. The van der Waals surface area contributed by atoms with Crippen LogP contribution in [0.2, 0.25) is 0 Å². The summed E-state index contributed by atoms with van der Waals surface area (Å²) in [5, 5.41) is 6.23. The van der Waals surface area contributed by atoms with Gasteiger partial charge in [0.1, 0.15) is 5.00 Å². The Bertz CT molecular complexity index is 687. The molecule has 3 N–H and O–H groups in total. The number of likely N-dealkylation sites (N-methyl/N-ethyl adjacent to an activating group) is 2. The Kier molecular flexibility index (Phi) is 8.24. The summed E-state index contributed by atoms with van der Waals surface area (Å²) in [5.41, 5.74) is 1.54. The van der Waals surface area contributed by atoms with Gasteiger partial charge in [-0.05, 0) is 45.1 Å². The molecule has 7 nitrogen and oxygen atoms in total. The van der Waals surface area contributed by atoms with E-state index in [-0.39, 0.29) is 24.9 Å². The van der Waals surface area contributed by atoms with Crippen molar-refractivity contribution in [2.75, 3.05) is 38.6 Å². The molecule has 0 fully saturated rings. The molecule has 1 aromatic rings. The molecule has 0 aliphatic heterocycles. The first kappa shape index (κ1) is 21.4. The predicted molar refractivity (Wildman–Crippen MR) is 105 cm³/mol. The van der Waals surface area contributed by atoms with Crippen molar-refractivity contribution in [3.63, 3.8) is 0 Å². The van der Waals surface area contributed by atoms with E-state index < -0.39 is 5.97 Å². The number of methoxy groups -OCH3 is 1. The number of hydrogen-bond donors (Lipinski definition) is 3. The highest BCUT2D eigenvalue weighted by Gasteiger charge is 2.27. The Balaban J connectivity index is 2.12. The van der Waals surface area contributed by atoms with Gasteiger partial charge in [0.2, 0.25) is 0 Å². The van der Waals surface area contributed by atoms with E-state index in [1.165, 1.54) is 23.3 Å². The quantitative estimate of drug-likeness (QED) is 0.448. The van der Waals surface area contributed by atoms with Gasteiger partial charge in [-0.25, -0.2) is 4.79 Å². The van der Waals surface area contributed by atoms with Crippen LogP contribution < -0.4 is 15.5 Å². The fourth-order valence-corrected chi connectivity index (χ4v) is 4.64. The van der Waals surface area contributed by atoms with Gasteiger partial charge in [-0.1, -0.05) is 6.42 Å². The molecule has 1 aliphatic carbocycles. The second kappa shape index (κ2) is 10.4. The van der Waals surface area contributed by atoms with Crippen molar-refractivity contribution in [1.29, 1.82) is 0 Å². The molecule has 0 spiro atoms. The number of anilines is 1. The molecule has 1 aromatic heterocycles. The van der Waals surface area contributed by atoms with Crippen LogP contribution in [-0.4, -0.2) is 51.1 Å². The van der Waals surface area contributed by atoms with Crippen LogP contribution in [0, 0.1) is 0 Å². The van der Waals surface area contributed by atoms with Gasteiger partial charge in [0.05, 0.1) is 19.2 Å². The van der Waals surface area contributed by atoms with Crippen LogP contribution >= 0.6 is 11.3 Å². The summed E-state index contributed by atoms with van der Waals surface area (Å²) in [7, 11) is 1.37. The molecule has 0 bridgehead atoms. The number of hydrogen-bond acceptors (Lipinski definition) is 5. The van der Waals surface area contributed by atoms with Crippen LogP contribution in [0.5, 0.6) is 0 Å². The lowest BCUT2D eigenvalue weighted by Gasteiger charge is -2.16. The summed E-state index contributed by atoms with van der Waals surface area (Å²) in [6.07, 6.45) is 5.07. The van der Waals surface area contributed by atoms with E-state index in [2.05, 4.69) is 10.6 Å². The zero-order valence-corrected chi connectivity index (χ0v) is 17.2. The maximum absolute atomic E-state index is 12.6. The second-order valence-corrected chi connectivity index (χ2v) is 7.82. The maximum Gasteiger partial charge on any atom is 0.341 e. The summed E-state index contributed by atoms with van der Waals surface area (Å²) in [6, 6.07) is 0. The monoisotopic (exact) mass is 396 g/mol. The van der Waals surface area contributed by atoms with E-state index in [1.54, 1.807) is 0 Å². The third kappa shape index (κ3) is 5.77. The maximum atomic E-state index is 12.6. The highest BCUT2D eigenvalue weighted by molar-refractivity contribution is 7.17. The number of amides is 2. The van der Waals surface area contributed by atoms with Crippen molar-refractivity contribution in [2.45, 2.75) is 46.0 Å². The number of fused-ring (bicyclic) bond motifs is 1. The van der Waals surface area contributed by atoms with Gasteiger partial charge in [-0.2, -0.15) is 0 Å². The molecule has 150 valence electrons. The molecule has 0 saturated heterocycles. The molecule has 1 heterocycles. The second-order valence-electron chi connectivity index (χ2n) is 6.72. The fourth-order valence-electron chi connectivity index (χ4n) is 3.35. The molecular weight excluding hydrogens is 366 g/mol. The average molecular weight is 397 g/mol. The molecule has 1 atom stereocenters. The minimum Gasteiger partial charge on any atom is -0.465 e. The summed E-state index contributed by atoms with van der Waals surface area (Å²) >= 11 is 1.48. The molecule has 8 heteroatoms. The van der Waals surface area contributed by atoms with E-state index in [0.717, 1.165) is 42.6 Å². The van der Waals surface area contributed by atoms with Gasteiger partial charge < -0.3 is 20.3 Å². The van der Waals surface area contributed by atoms with Crippen molar-refractivity contribution >= 4 is 34.1 Å². The first-order valence-corrected chi connectivity index (χ1v) is 10.4. The highest BCUT2D eigenvalue weighted by atomic mass is 32.1. The van der Waals surface area contributed by atoms with Crippen molar-refractivity contribution in [3.8, 4) is 0 Å². The molecule has 2 rings (SSSR count). The number of quaternary nitrogens is 1. The molecule has 1 aliphatic rings. The zero-order valence-electron chi connectivity index (χ0n) is 16.4.